The first-order valence-electron chi connectivity index (χ1n) is 30.0. The topological polar surface area (TPSA) is 78.9 Å². The highest BCUT2D eigenvalue weighted by atomic mass is 16.6. The van der Waals surface area contributed by atoms with Crippen LogP contribution in [0.2, 0.25) is 0 Å². The average Bonchev–Trinajstić information content (AvgIpc) is 3.39. The second kappa shape index (κ2) is 60.4. The van der Waals surface area contributed by atoms with E-state index in [1.165, 1.54) is 96.3 Å². The third-order valence-electron chi connectivity index (χ3n) is 12.5. The van der Waals surface area contributed by atoms with Crippen LogP contribution in [0, 0.1) is 0 Å². The summed E-state index contributed by atoms with van der Waals surface area (Å²) in [6.45, 7) is 6.34. The highest BCUT2D eigenvalue weighted by Crippen LogP contribution is 2.15. The van der Waals surface area contributed by atoms with Gasteiger partial charge in [-0.3, -0.25) is 14.4 Å². The Bertz CT molecular complexity index is 1540. The molecular formula is C67H110O6. The average molecular weight is 1010 g/mol. The summed E-state index contributed by atoms with van der Waals surface area (Å²) in [7, 11) is 0. The minimum absolute atomic E-state index is 0.0924. The number of esters is 3. The Morgan fingerprint density at radius 2 is 0.534 bits per heavy atom. The van der Waals surface area contributed by atoms with Crippen LogP contribution in [0.15, 0.2) is 122 Å². The summed E-state index contributed by atoms with van der Waals surface area (Å²) >= 11 is 0. The molecule has 0 fully saturated rings. The minimum atomic E-state index is -0.795. The zero-order chi connectivity index (χ0) is 52.9. The van der Waals surface area contributed by atoms with Gasteiger partial charge in [0, 0.05) is 19.3 Å². The number of carbonyl (C=O) groups excluding carboxylic acids is 3. The first-order chi connectivity index (χ1) is 36.0. The Morgan fingerprint density at radius 3 is 0.849 bits per heavy atom. The maximum absolute atomic E-state index is 12.8. The second-order valence-electron chi connectivity index (χ2n) is 19.5. The molecule has 1 atom stereocenters. The molecule has 0 aliphatic heterocycles. The summed E-state index contributed by atoms with van der Waals surface area (Å²) in [5, 5.41) is 0. The van der Waals surface area contributed by atoms with Crippen LogP contribution in [-0.4, -0.2) is 37.2 Å². The number of hydrogen-bond donors (Lipinski definition) is 0. The van der Waals surface area contributed by atoms with E-state index < -0.39 is 6.10 Å². The van der Waals surface area contributed by atoms with Crippen molar-refractivity contribution in [2.75, 3.05) is 13.2 Å². The summed E-state index contributed by atoms with van der Waals surface area (Å²) in [5.74, 6) is -0.933. The molecule has 0 saturated heterocycles. The number of rotatable bonds is 53. The molecule has 0 heterocycles. The van der Waals surface area contributed by atoms with Crippen molar-refractivity contribution in [1.82, 2.24) is 0 Å². The second-order valence-corrected chi connectivity index (χ2v) is 19.5. The maximum atomic E-state index is 12.8. The van der Waals surface area contributed by atoms with Gasteiger partial charge in [0.1, 0.15) is 13.2 Å². The zero-order valence-corrected chi connectivity index (χ0v) is 47.4. The van der Waals surface area contributed by atoms with Crippen LogP contribution in [0.4, 0.5) is 0 Å². The number of carbonyl (C=O) groups is 3. The van der Waals surface area contributed by atoms with Gasteiger partial charge >= 0.3 is 17.9 Å². The summed E-state index contributed by atoms with van der Waals surface area (Å²) in [5.41, 5.74) is 0. The first kappa shape index (κ1) is 68.8. The standard InChI is InChI=1S/C67H110O6/c1-4-7-10-13-16-18-20-22-24-26-28-29-30-31-32-33-34-35-36-37-39-40-42-44-46-48-51-54-57-60-66(69)72-63-64(62-71-65(68)59-56-53-50-15-12-9-6-3)73-67(70)61-58-55-52-49-47-45-43-41-38-27-25-23-21-19-17-14-11-8-5-2/h7-8,10-11,16-19,22-25,28-29,31-32,38,41,45,47,64H,4-6,9,12-15,20-21,26-27,30,33-37,39-40,42-44,46,48-63H2,1-3H3/b10-7-,11-8-,18-16-,19-17-,24-22-,25-23-,29-28-,32-31-,41-38-,47-45-. The number of hydrogen-bond acceptors (Lipinski definition) is 6. The lowest BCUT2D eigenvalue weighted by atomic mass is 10.0. The Kier molecular flexibility index (Phi) is 56.9. The molecule has 0 bridgehead atoms. The minimum Gasteiger partial charge on any atom is -0.462 e. The lowest BCUT2D eigenvalue weighted by Crippen LogP contribution is -2.30. The first-order valence-corrected chi connectivity index (χ1v) is 30.0. The molecule has 0 aromatic heterocycles. The lowest BCUT2D eigenvalue weighted by Gasteiger charge is -2.18. The van der Waals surface area contributed by atoms with E-state index in [-0.39, 0.29) is 37.5 Å². The Labute approximate surface area is 450 Å². The third kappa shape index (κ3) is 58.6. The Morgan fingerprint density at radius 1 is 0.288 bits per heavy atom. The molecule has 6 nitrogen and oxygen atoms in total. The molecule has 0 saturated carbocycles. The third-order valence-corrected chi connectivity index (χ3v) is 12.5. The van der Waals surface area contributed by atoms with Crippen molar-refractivity contribution < 1.29 is 28.6 Å². The molecule has 0 amide bonds. The van der Waals surface area contributed by atoms with E-state index in [0.29, 0.717) is 12.8 Å². The fourth-order valence-electron chi connectivity index (χ4n) is 8.03. The quantitative estimate of drug-likeness (QED) is 0.0261. The number of allylic oxidation sites excluding steroid dienone is 20. The molecule has 0 aliphatic rings. The predicted molar refractivity (Wildman–Crippen MR) is 316 cm³/mol. The van der Waals surface area contributed by atoms with Gasteiger partial charge in [-0.15, -0.1) is 0 Å². The van der Waals surface area contributed by atoms with Crippen LogP contribution in [-0.2, 0) is 28.6 Å². The van der Waals surface area contributed by atoms with Crippen molar-refractivity contribution in [1.29, 1.82) is 0 Å². The highest BCUT2D eigenvalue weighted by Gasteiger charge is 2.19. The molecule has 0 aromatic rings. The van der Waals surface area contributed by atoms with Crippen molar-refractivity contribution in [2.24, 2.45) is 0 Å². The van der Waals surface area contributed by atoms with E-state index in [0.717, 1.165) is 128 Å². The van der Waals surface area contributed by atoms with Crippen LogP contribution in [0.25, 0.3) is 0 Å². The van der Waals surface area contributed by atoms with Gasteiger partial charge in [0.2, 0.25) is 0 Å². The summed E-state index contributed by atoms with van der Waals surface area (Å²) < 4.78 is 16.8. The SMILES string of the molecule is CC/C=C\C/C=C\C/C=C\C/C=C\C/C=C\CCCCCCCCCCCCCCCC(=O)OCC(COC(=O)CCCCCCCCC)OC(=O)CCCCC/C=C\C/C=C\C/C=C\C/C=C\C/C=C\CC. The van der Waals surface area contributed by atoms with E-state index in [9.17, 15) is 14.4 Å². The monoisotopic (exact) mass is 1010 g/mol. The van der Waals surface area contributed by atoms with E-state index in [2.05, 4.69) is 142 Å². The Balaban J connectivity index is 4.18. The fourth-order valence-corrected chi connectivity index (χ4v) is 8.03. The maximum Gasteiger partial charge on any atom is 0.306 e. The Hall–Kier alpha value is -4.19. The van der Waals surface area contributed by atoms with Gasteiger partial charge < -0.3 is 14.2 Å². The molecular weight excluding hydrogens is 901 g/mol. The van der Waals surface area contributed by atoms with Gasteiger partial charge in [-0.2, -0.15) is 0 Å². The van der Waals surface area contributed by atoms with Crippen molar-refractivity contribution in [3.63, 3.8) is 0 Å². The molecule has 414 valence electrons. The molecule has 0 rings (SSSR count). The zero-order valence-electron chi connectivity index (χ0n) is 47.4. The van der Waals surface area contributed by atoms with E-state index in [1.807, 2.05) is 0 Å². The largest absolute Gasteiger partial charge is 0.462 e. The van der Waals surface area contributed by atoms with Crippen molar-refractivity contribution in [2.45, 2.75) is 271 Å². The number of unbranched alkanes of at least 4 members (excludes halogenated alkanes) is 22. The summed E-state index contributed by atoms with van der Waals surface area (Å²) in [4.78, 5) is 38.0. The smallest absolute Gasteiger partial charge is 0.306 e. The van der Waals surface area contributed by atoms with Gasteiger partial charge in [0.25, 0.3) is 0 Å². The van der Waals surface area contributed by atoms with Crippen LogP contribution in [0.5, 0.6) is 0 Å². The van der Waals surface area contributed by atoms with Gasteiger partial charge in [0.15, 0.2) is 6.10 Å². The highest BCUT2D eigenvalue weighted by molar-refractivity contribution is 5.71. The van der Waals surface area contributed by atoms with Crippen molar-refractivity contribution in [3.05, 3.63) is 122 Å². The van der Waals surface area contributed by atoms with Gasteiger partial charge in [-0.25, -0.2) is 0 Å². The summed E-state index contributed by atoms with van der Waals surface area (Å²) in [6, 6.07) is 0. The molecule has 0 aromatic carbocycles. The predicted octanol–water partition coefficient (Wildman–Crippen LogP) is 20.4. The van der Waals surface area contributed by atoms with Crippen LogP contribution < -0.4 is 0 Å². The van der Waals surface area contributed by atoms with Crippen molar-refractivity contribution >= 4 is 17.9 Å². The molecule has 0 radical (unpaired) electrons. The van der Waals surface area contributed by atoms with Crippen LogP contribution in [0.1, 0.15) is 265 Å². The van der Waals surface area contributed by atoms with Crippen LogP contribution in [0.3, 0.4) is 0 Å². The molecule has 0 N–H and O–H groups in total. The summed E-state index contributed by atoms with van der Waals surface area (Å²) in [6.07, 6.45) is 83.7. The molecule has 73 heavy (non-hydrogen) atoms. The fraction of sp³-hybridized carbons (Fsp3) is 0.657. The molecule has 0 aliphatic carbocycles. The van der Waals surface area contributed by atoms with E-state index in [4.69, 9.17) is 14.2 Å². The molecule has 1 unspecified atom stereocenters. The molecule has 0 spiro atoms. The number of ether oxygens (including phenoxy) is 3. The van der Waals surface area contributed by atoms with Gasteiger partial charge in [-0.1, -0.05) is 258 Å². The lowest BCUT2D eigenvalue weighted by molar-refractivity contribution is -0.167. The van der Waals surface area contributed by atoms with Crippen LogP contribution >= 0.6 is 0 Å². The normalized spacial score (nSPS) is 13.0. The molecule has 6 heteroatoms. The van der Waals surface area contributed by atoms with Gasteiger partial charge in [0.05, 0.1) is 0 Å². The van der Waals surface area contributed by atoms with E-state index in [1.54, 1.807) is 0 Å². The van der Waals surface area contributed by atoms with Crippen molar-refractivity contribution in [3.8, 4) is 0 Å². The van der Waals surface area contributed by atoms with E-state index >= 15 is 0 Å². The van der Waals surface area contributed by atoms with Gasteiger partial charge in [-0.05, 0) is 109 Å².